The molecule has 21 heavy (non-hydrogen) atoms. The van der Waals surface area contributed by atoms with Crippen LogP contribution in [0.1, 0.15) is 38.7 Å². The predicted octanol–water partition coefficient (Wildman–Crippen LogP) is 2.40. The van der Waals surface area contributed by atoms with E-state index in [-0.39, 0.29) is 18.6 Å². The molecule has 1 fully saturated rings. The molecule has 1 aliphatic heterocycles. The number of nitrogens with one attached hydrogen (secondary N) is 1. The highest BCUT2D eigenvalue weighted by atomic mass is 16.5. The Morgan fingerprint density at radius 3 is 2.95 bits per heavy atom. The number of nitrogens with zero attached hydrogens (tertiary/aromatic N) is 1. The summed E-state index contributed by atoms with van der Waals surface area (Å²) in [5.41, 5.74) is 1.18. The van der Waals surface area contributed by atoms with E-state index in [0.717, 1.165) is 31.8 Å². The zero-order valence-electron chi connectivity index (χ0n) is 13.3. The second kappa shape index (κ2) is 7.46. The number of amides is 1. The average Bonchev–Trinajstić information content (AvgIpc) is 2.52. The summed E-state index contributed by atoms with van der Waals surface area (Å²) >= 11 is 0. The fourth-order valence-electron chi connectivity index (χ4n) is 2.67. The minimum atomic E-state index is 0.0722. The molecule has 0 radical (unpaired) electrons. The number of para-hydroxylation sites is 1. The van der Waals surface area contributed by atoms with Crippen molar-refractivity contribution in [2.24, 2.45) is 0 Å². The minimum absolute atomic E-state index is 0.0722. The van der Waals surface area contributed by atoms with Crippen molar-refractivity contribution in [2.45, 2.75) is 39.2 Å². The van der Waals surface area contributed by atoms with Crippen molar-refractivity contribution < 1.29 is 9.53 Å². The van der Waals surface area contributed by atoms with Crippen LogP contribution in [0.4, 0.5) is 0 Å². The van der Waals surface area contributed by atoms with Crippen LogP contribution in [-0.4, -0.2) is 43.1 Å². The van der Waals surface area contributed by atoms with E-state index in [1.54, 1.807) is 0 Å². The number of rotatable bonds is 5. The molecule has 1 aromatic rings. The monoisotopic (exact) mass is 290 g/mol. The molecule has 2 atom stereocenters. The molecule has 4 nitrogen and oxygen atoms in total. The molecule has 0 saturated carbocycles. The maximum atomic E-state index is 12.3. The number of carbonyl (C=O) groups is 1. The van der Waals surface area contributed by atoms with Gasteiger partial charge in [-0.15, -0.1) is 0 Å². The van der Waals surface area contributed by atoms with Gasteiger partial charge < -0.3 is 15.0 Å². The minimum Gasteiger partial charge on any atom is -0.483 e. The van der Waals surface area contributed by atoms with E-state index in [9.17, 15) is 4.79 Å². The summed E-state index contributed by atoms with van der Waals surface area (Å²) < 4.78 is 5.81. The van der Waals surface area contributed by atoms with Gasteiger partial charge in [0.15, 0.2) is 6.61 Å². The summed E-state index contributed by atoms with van der Waals surface area (Å²) in [5, 5.41) is 3.29. The van der Waals surface area contributed by atoms with Crippen LogP contribution in [0.25, 0.3) is 0 Å². The summed E-state index contributed by atoms with van der Waals surface area (Å²) in [7, 11) is 0. The Bertz CT molecular complexity index is 476. The molecule has 1 N–H and O–H groups in total. The predicted molar refractivity (Wildman–Crippen MR) is 84.7 cm³/mol. The van der Waals surface area contributed by atoms with Crippen molar-refractivity contribution in [3.05, 3.63) is 29.8 Å². The lowest BCUT2D eigenvalue weighted by Gasteiger charge is -2.34. The summed E-state index contributed by atoms with van der Waals surface area (Å²) in [6.07, 6.45) is 1.06. The third-order valence-electron chi connectivity index (χ3n) is 4.24. The number of hydrogen-bond acceptors (Lipinski definition) is 3. The lowest BCUT2D eigenvalue weighted by Crippen LogP contribution is -2.53. The number of hydrogen-bond donors (Lipinski definition) is 1. The van der Waals surface area contributed by atoms with Crippen LogP contribution < -0.4 is 10.1 Å². The number of ether oxygens (including phenoxy) is 1. The zero-order chi connectivity index (χ0) is 15.2. The van der Waals surface area contributed by atoms with Crippen molar-refractivity contribution in [3.63, 3.8) is 0 Å². The molecule has 1 saturated heterocycles. The molecule has 1 amide bonds. The van der Waals surface area contributed by atoms with Gasteiger partial charge in [-0.25, -0.2) is 0 Å². The molecule has 1 aromatic carbocycles. The molecule has 1 heterocycles. The first-order valence-electron chi connectivity index (χ1n) is 7.85. The number of carbonyl (C=O) groups excluding carboxylic acids is 1. The van der Waals surface area contributed by atoms with Gasteiger partial charge in [0.1, 0.15) is 5.75 Å². The molecule has 0 spiro atoms. The van der Waals surface area contributed by atoms with Crippen molar-refractivity contribution in [1.29, 1.82) is 0 Å². The maximum Gasteiger partial charge on any atom is 0.260 e. The van der Waals surface area contributed by atoms with Crippen LogP contribution in [0.2, 0.25) is 0 Å². The molecule has 116 valence electrons. The Balaban J connectivity index is 1.98. The molecule has 4 heteroatoms. The second-order valence-corrected chi connectivity index (χ2v) is 5.78. The zero-order valence-corrected chi connectivity index (χ0v) is 13.3. The lowest BCUT2D eigenvalue weighted by atomic mass is 9.98. The first-order valence-corrected chi connectivity index (χ1v) is 7.85. The highest BCUT2D eigenvalue weighted by molar-refractivity contribution is 5.78. The van der Waals surface area contributed by atoms with E-state index in [1.807, 2.05) is 23.1 Å². The fraction of sp³-hybridized carbons (Fsp3) is 0.588. The Hall–Kier alpha value is -1.55. The van der Waals surface area contributed by atoms with Gasteiger partial charge in [-0.05, 0) is 30.9 Å². The molecule has 0 bridgehead atoms. The van der Waals surface area contributed by atoms with Gasteiger partial charge in [-0.1, -0.05) is 32.0 Å². The Kier molecular flexibility index (Phi) is 5.62. The standard InChI is InChI=1S/C17H26N2O2/c1-4-13(2)15-7-5-6-8-16(15)21-12-17(20)19-10-9-18-11-14(19)3/h5-8,13-14,18H,4,9-12H2,1-3H3. The SMILES string of the molecule is CCC(C)c1ccccc1OCC(=O)N1CCNCC1C. The van der Waals surface area contributed by atoms with Gasteiger partial charge in [0, 0.05) is 25.7 Å². The smallest absolute Gasteiger partial charge is 0.260 e. The summed E-state index contributed by atoms with van der Waals surface area (Å²) in [6.45, 7) is 9.01. The van der Waals surface area contributed by atoms with E-state index in [2.05, 4.69) is 32.2 Å². The van der Waals surface area contributed by atoms with Crippen LogP contribution in [-0.2, 0) is 4.79 Å². The third-order valence-corrected chi connectivity index (χ3v) is 4.24. The van der Waals surface area contributed by atoms with E-state index in [1.165, 1.54) is 5.56 Å². The topological polar surface area (TPSA) is 41.6 Å². The van der Waals surface area contributed by atoms with Crippen LogP contribution in [0, 0.1) is 0 Å². The highest BCUT2D eigenvalue weighted by Crippen LogP contribution is 2.28. The van der Waals surface area contributed by atoms with Gasteiger partial charge >= 0.3 is 0 Å². The Morgan fingerprint density at radius 1 is 1.48 bits per heavy atom. The third kappa shape index (κ3) is 3.97. The summed E-state index contributed by atoms with van der Waals surface area (Å²) in [4.78, 5) is 14.2. The van der Waals surface area contributed by atoms with Crippen LogP contribution >= 0.6 is 0 Å². The number of piperazine rings is 1. The first kappa shape index (κ1) is 15.8. The molecule has 0 aromatic heterocycles. The van der Waals surface area contributed by atoms with E-state index in [4.69, 9.17) is 4.74 Å². The normalized spacial score (nSPS) is 20.1. The van der Waals surface area contributed by atoms with Gasteiger partial charge in [0.05, 0.1) is 0 Å². The van der Waals surface area contributed by atoms with Crippen molar-refractivity contribution in [1.82, 2.24) is 10.2 Å². The molecule has 2 rings (SSSR count). The van der Waals surface area contributed by atoms with E-state index >= 15 is 0 Å². The highest BCUT2D eigenvalue weighted by Gasteiger charge is 2.23. The molecular formula is C17H26N2O2. The summed E-state index contributed by atoms with van der Waals surface area (Å²) in [6, 6.07) is 8.25. The van der Waals surface area contributed by atoms with Crippen LogP contribution in [0.3, 0.4) is 0 Å². The van der Waals surface area contributed by atoms with Crippen LogP contribution in [0.15, 0.2) is 24.3 Å². The van der Waals surface area contributed by atoms with Crippen LogP contribution in [0.5, 0.6) is 5.75 Å². The summed E-state index contributed by atoms with van der Waals surface area (Å²) in [5.74, 6) is 1.35. The maximum absolute atomic E-state index is 12.3. The lowest BCUT2D eigenvalue weighted by molar-refractivity contribution is -0.136. The molecule has 2 unspecified atom stereocenters. The second-order valence-electron chi connectivity index (χ2n) is 5.78. The average molecular weight is 290 g/mol. The number of benzene rings is 1. The van der Waals surface area contributed by atoms with Gasteiger partial charge in [0.2, 0.25) is 0 Å². The molecule has 1 aliphatic rings. The first-order chi connectivity index (χ1) is 10.1. The Morgan fingerprint density at radius 2 is 2.24 bits per heavy atom. The largest absolute Gasteiger partial charge is 0.483 e. The molecular weight excluding hydrogens is 264 g/mol. The van der Waals surface area contributed by atoms with Gasteiger partial charge in [-0.3, -0.25) is 4.79 Å². The fourth-order valence-corrected chi connectivity index (χ4v) is 2.67. The quantitative estimate of drug-likeness (QED) is 0.905. The Labute approximate surface area is 127 Å². The van der Waals surface area contributed by atoms with E-state index in [0.29, 0.717) is 5.92 Å². The van der Waals surface area contributed by atoms with Crippen molar-refractivity contribution in [2.75, 3.05) is 26.2 Å². The van der Waals surface area contributed by atoms with Gasteiger partial charge in [0.25, 0.3) is 5.91 Å². The van der Waals surface area contributed by atoms with E-state index < -0.39 is 0 Å². The van der Waals surface area contributed by atoms with Crippen molar-refractivity contribution in [3.8, 4) is 5.75 Å². The van der Waals surface area contributed by atoms with Gasteiger partial charge in [-0.2, -0.15) is 0 Å². The molecule has 0 aliphatic carbocycles. The van der Waals surface area contributed by atoms with Crippen molar-refractivity contribution >= 4 is 5.91 Å².